The maximum atomic E-state index is 12.1. The van der Waals surface area contributed by atoms with Gasteiger partial charge in [0, 0.05) is 6.07 Å². The smallest absolute Gasteiger partial charge is 0.319 e. The number of rotatable bonds is 7. The van der Waals surface area contributed by atoms with E-state index in [1.165, 1.54) is 12.1 Å². The van der Waals surface area contributed by atoms with Gasteiger partial charge < -0.3 is 20.5 Å². The second-order valence-corrected chi connectivity index (χ2v) is 6.40. The lowest BCUT2D eigenvalue weighted by Crippen LogP contribution is -2.48. The molecule has 0 bridgehead atoms. The van der Waals surface area contributed by atoms with Gasteiger partial charge in [0.25, 0.3) is 5.69 Å². The summed E-state index contributed by atoms with van der Waals surface area (Å²) in [6.45, 7) is 4.30. The Morgan fingerprint density at radius 2 is 1.92 bits per heavy atom. The number of phenolic OH excluding ortho intramolecular Hbond substituents is 1. The normalized spacial score (nSPS) is 11.0. The molecule has 2 aromatic rings. The Hall–Kier alpha value is -3.13. The topological polar surface area (TPSA) is 114 Å². The molecule has 0 saturated carbocycles. The third-order valence-corrected chi connectivity index (χ3v) is 3.47. The van der Waals surface area contributed by atoms with Crippen molar-refractivity contribution >= 4 is 17.4 Å². The first-order chi connectivity index (χ1) is 12.3. The van der Waals surface area contributed by atoms with Gasteiger partial charge in [0.1, 0.15) is 5.75 Å². The van der Waals surface area contributed by atoms with Crippen LogP contribution in [0.25, 0.3) is 0 Å². The van der Waals surface area contributed by atoms with Crippen molar-refractivity contribution in [3.8, 4) is 5.75 Å². The highest BCUT2D eigenvalue weighted by molar-refractivity contribution is 5.91. The zero-order chi connectivity index (χ0) is 19.2. The average Bonchev–Trinajstić information content (AvgIpc) is 2.56. The summed E-state index contributed by atoms with van der Waals surface area (Å²) in [5, 5.41) is 25.6. The number of anilines is 1. The van der Waals surface area contributed by atoms with Crippen LogP contribution in [0.2, 0.25) is 0 Å². The first kappa shape index (κ1) is 19.2. The fraction of sp³-hybridized carbons (Fsp3) is 0.278. The molecule has 0 aliphatic heterocycles. The molecule has 8 heteroatoms. The monoisotopic (exact) mass is 359 g/mol. The lowest BCUT2D eigenvalue weighted by atomic mass is 10.1. The Kier molecular flexibility index (Phi) is 6.13. The van der Waals surface area contributed by atoms with Crippen molar-refractivity contribution in [1.82, 2.24) is 5.32 Å². The zero-order valence-corrected chi connectivity index (χ0v) is 14.6. The van der Waals surface area contributed by atoms with Crippen molar-refractivity contribution in [3.63, 3.8) is 0 Å². The maximum Gasteiger partial charge on any atom is 0.319 e. The molecule has 0 saturated heterocycles. The largest absolute Gasteiger partial charge is 0.506 e. The Balaban J connectivity index is 1.86. The number of ether oxygens (including phenoxy) is 1. The van der Waals surface area contributed by atoms with Gasteiger partial charge in [-0.15, -0.1) is 0 Å². The number of nitro benzene ring substituents is 1. The fourth-order valence-corrected chi connectivity index (χ4v) is 2.23. The van der Waals surface area contributed by atoms with Crippen molar-refractivity contribution in [1.29, 1.82) is 0 Å². The quantitative estimate of drug-likeness (QED) is 0.398. The third kappa shape index (κ3) is 5.75. The van der Waals surface area contributed by atoms with Gasteiger partial charge in [0.2, 0.25) is 0 Å². The van der Waals surface area contributed by atoms with Crippen LogP contribution in [0.4, 0.5) is 16.2 Å². The maximum absolute atomic E-state index is 12.1. The molecule has 2 aromatic carbocycles. The van der Waals surface area contributed by atoms with Crippen molar-refractivity contribution in [2.24, 2.45) is 0 Å². The molecule has 2 amide bonds. The van der Waals surface area contributed by atoms with E-state index in [2.05, 4.69) is 10.6 Å². The van der Waals surface area contributed by atoms with Crippen LogP contribution in [0.3, 0.4) is 0 Å². The lowest BCUT2D eigenvalue weighted by molar-refractivity contribution is -0.384. The molecule has 0 aliphatic rings. The van der Waals surface area contributed by atoms with Crippen LogP contribution in [0, 0.1) is 10.1 Å². The fourth-order valence-electron chi connectivity index (χ4n) is 2.23. The minimum absolute atomic E-state index is 0.0779. The summed E-state index contributed by atoms with van der Waals surface area (Å²) >= 11 is 0. The van der Waals surface area contributed by atoms with E-state index in [0.717, 1.165) is 11.6 Å². The number of nitrogens with zero attached hydrogens (tertiary/aromatic N) is 1. The van der Waals surface area contributed by atoms with E-state index in [9.17, 15) is 20.0 Å². The standard InChI is InChI=1S/C18H21N3O5/c1-18(2,12-26-11-13-6-4-3-5-7-13)20-17(23)19-15-9-8-14(21(24)25)10-16(15)22/h3-10,22H,11-12H2,1-2H3,(H2,19,20,23). The van der Waals surface area contributed by atoms with Crippen LogP contribution >= 0.6 is 0 Å². The van der Waals surface area contributed by atoms with Crippen molar-refractivity contribution in [2.45, 2.75) is 26.0 Å². The predicted molar refractivity (Wildman–Crippen MR) is 97.1 cm³/mol. The number of amides is 2. The highest BCUT2D eigenvalue weighted by Gasteiger charge is 2.21. The minimum Gasteiger partial charge on any atom is -0.506 e. The number of aromatic hydroxyl groups is 1. The zero-order valence-electron chi connectivity index (χ0n) is 14.6. The Morgan fingerprint density at radius 1 is 1.23 bits per heavy atom. The van der Waals surface area contributed by atoms with E-state index in [0.29, 0.717) is 6.61 Å². The molecule has 0 fully saturated rings. The molecule has 0 heterocycles. The molecule has 8 nitrogen and oxygen atoms in total. The molecular weight excluding hydrogens is 338 g/mol. The number of hydrogen-bond donors (Lipinski definition) is 3. The lowest BCUT2D eigenvalue weighted by Gasteiger charge is -2.26. The number of benzene rings is 2. The summed E-state index contributed by atoms with van der Waals surface area (Å²) in [4.78, 5) is 22.1. The van der Waals surface area contributed by atoms with Crippen LogP contribution < -0.4 is 10.6 Å². The second kappa shape index (κ2) is 8.30. The van der Waals surface area contributed by atoms with Gasteiger partial charge in [-0.25, -0.2) is 4.79 Å². The summed E-state index contributed by atoms with van der Waals surface area (Å²) in [5.74, 6) is -0.382. The van der Waals surface area contributed by atoms with E-state index in [4.69, 9.17) is 4.74 Å². The van der Waals surface area contributed by atoms with Crippen molar-refractivity contribution < 1.29 is 19.6 Å². The number of nitro groups is 1. The van der Waals surface area contributed by atoms with E-state index in [1.54, 1.807) is 13.8 Å². The number of carbonyl (C=O) groups is 1. The first-order valence-corrected chi connectivity index (χ1v) is 7.95. The van der Waals surface area contributed by atoms with Crippen molar-refractivity contribution in [3.05, 3.63) is 64.2 Å². The van der Waals surface area contributed by atoms with Crippen LogP contribution in [-0.2, 0) is 11.3 Å². The first-order valence-electron chi connectivity index (χ1n) is 7.95. The number of hydrogen-bond acceptors (Lipinski definition) is 5. The molecule has 138 valence electrons. The molecule has 0 atom stereocenters. The van der Waals surface area contributed by atoms with Gasteiger partial charge in [0.05, 0.1) is 35.4 Å². The molecular formula is C18H21N3O5. The third-order valence-electron chi connectivity index (χ3n) is 3.47. The highest BCUT2D eigenvalue weighted by Crippen LogP contribution is 2.27. The van der Waals surface area contributed by atoms with E-state index >= 15 is 0 Å². The minimum atomic E-state index is -0.657. The number of non-ortho nitro benzene ring substituents is 1. The predicted octanol–water partition coefficient (Wildman–Crippen LogP) is 3.42. The van der Waals surface area contributed by atoms with Crippen molar-refractivity contribution in [2.75, 3.05) is 11.9 Å². The number of carbonyl (C=O) groups excluding carboxylic acids is 1. The molecule has 0 aliphatic carbocycles. The van der Waals surface area contributed by atoms with Gasteiger partial charge in [-0.3, -0.25) is 10.1 Å². The number of urea groups is 1. The molecule has 0 aromatic heterocycles. The highest BCUT2D eigenvalue weighted by atomic mass is 16.6. The van der Waals surface area contributed by atoms with Crippen LogP contribution in [0.5, 0.6) is 5.75 Å². The van der Waals surface area contributed by atoms with Gasteiger partial charge in [0.15, 0.2) is 0 Å². The van der Waals surface area contributed by atoms with Gasteiger partial charge in [-0.05, 0) is 25.5 Å². The van der Waals surface area contributed by atoms with Crippen LogP contribution in [-0.4, -0.2) is 28.2 Å². The number of nitrogens with one attached hydrogen (secondary N) is 2. The van der Waals surface area contributed by atoms with E-state index in [-0.39, 0.29) is 23.7 Å². The summed E-state index contributed by atoms with van der Waals surface area (Å²) in [5.41, 5.74) is 0.190. The summed E-state index contributed by atoms with van der Waals surface area (Å²) in [6, 6.07) is 12.6. The van der Waals surface area contributed by atoms with Crippen LogP contribution in [0.15, 0.2) is 48.5 Å². The molecule has 2 rings (SSSR count). The Bertz CT molecular complexity index is 778. The molecule has 0 radical (unpaired) electrons. The summed E-state index contributed by atoms with van der Waals surface area (Å²) in [7, 11) is 0. The van der Waals surface area contributed by atoms with Gasteiger partial charge >= 0.3 is 6.03 Å². The van der Waals surface area contributed by atoms with Gasteiger partial charge in [-0.1, -0.05) is 30.3 Å². The van der Waals surface area contributed by atoms with Crippen LogP contribution in [0.1, 0.15) is 19.4 Å². The molecule has 3 N–H and O–H groups in total. The molecule has 0 spiro atoms. The molecule has 26 heavy (non-hydrogen) atoms. The number of phenols is 1. The Labute approximate surface area is 151 Å². The van der Waals surface area contributed by atoms with E-state index < -0.39 is 16.5 Å². The van der Waals surface area contributed by atoms with E-state index in [1.807, 2.05) is 30.3 Å². The molecule has 0 unspecified atom stereocenters. The Morgan fingerprint density at radius 3 is 2.54 bits per heavy atom. The average molecular weight is 359 g/mol. The van der Waals surface area contributed by atoms with Gasteiger partial charge in [-0.2, -0.15) is 0 Å². The summed E-state index contributed by atoms with van der Waals surface area (Å²) in [6.07, 6.45) is 0. The summed E-state index contributed by atoms with van der Waals surface area (Å²) < 4.78 is 5.63. The SMILES string of the molecule is CC(C)(COCc1ccccc1)NC(=O)Nc1ccc([N+](=O)[O-])cc1O. The second-order valence-electron chi connectivity index (χ2n) is 6.40.